The fourth-order valence-electron chi connectivity index (χ4n) is 2.63. The summed E-state index contributed by atoms with van der Waals surface area (Å²) in [5.41, 5.74) is 1.04. The van der Waals surface area contributed by atoms with Gasteiger partial charge in [-0.05, 0) is 31.5 Å². The molecule has 0 N–H and O–H groups in total. The first-order valence-electron chi connectivity index (χ1n) is 7.22. The summed E-state index contributed by atoms with van der Waals surface area (Å²) in [5.74, 6) is 0.267. The monoisotopic (exact) mass is 289 g/mol. The highest BCUT2D eigenvalue weighted by molar-refractivity contribution is 5.91. The lowest BCUT2D eigenvalue weighted by Gasteiger charge is -2.28. The minimum Gasteiger partial charge on any atom is -0.459 e. The van der Waals surface area contributed by atoms with Crippen LogP contribution in [0.1, 0.15) is 29.6 Å². The fourth-order valence-corrected chi connectivity index (χ4v) is 2.63. The first kappa shape index (κ1) is 13.9. The average molecular weight is 289 g/mol. The van der Waals surface area contributed by atoms with Crippen LogP contribution in [0.2, 0.25) is 0 Å². The van der Waals surface area contributed by atoms with Crippen LogP contribution in [0.25, 0.3) is 0 Å². The predicted octanol–water partition coefficient (Wildman–Crippen LogP) is 1.93. The Morgan fingerprint density at radius 2 is 2.43 bits per heavy atom. The van der Waals surface area contributed by atoms with Crippen LogP contribution in [-0.4, -0.2) is 39.8 Å². The van der Waals surface area contributed by atoms with Gasteiger partial charge in [0.05, 0.1) is 31.2 Å². The van der Waals surface area contributed by atoms with Gasteiger partial charge in [-0.25, -0.2) is 0 Å². The number of aryl methyl sites for hydroxylation is 1. The summed E-state index contributed by atoms with van der Waals surface area (Å²) >= 11 is 0. The molecule has 0 radical (unpaired) electrons. The first-order valence-corrected chi connectivity index (χ1v) is 7.22. The van der Waals surface area contributed by atoms with Crippen molar-refractivity contribution < 1.29 is 13.9 Å². The van der Waals surface area contributed by atoms with Crippen LogP contribution < -0.4 is 0 Å². The van der Waals surface area contributed by atoms with E-state index in [0.29, 0.717) is 25.5 Å². The molecule has 21 heavy (non-hydrogen) atoms. The molecule has 0 aliphatic carbocycles. The second kappa shape index (κ2) is 6.13. The van der Waals surface area contributed by atoms with Gasteiger partial charge in [0.1, 0.15) is 0 Å². The molecule has 6 nitrogen and oxygen atoms in total. The third-order valence-corrected chi connectivity index (χ3v) is 3.76. The van der Waals surface area contributed by atoms with Crippen molar-refractivity contribution in [2.45, 2.75) is 32.5 Å². The van der Waals surface area contributed by atoms with Crippen molar-refractivity contribution in [3.05, 3.63) is 42.1 Å². The van der Waals surface area contributed by atoms with E-state index < -0.39 is 0 Å². The van der Waals surface area contributed by atoms with Crippen molar-refractivity contribution >= 4 is 5.91 Å². The molecule has 0 saturated carbocycles. The smallest absolute Gasteiger partial charge is 0.290 e. The van der Waals surface area contributed by atoms with Gasteiger partial charge in [0.15, 0.2) is 5.76 Å². The lowest BCUT2D eigenvalue weighted by molar-refractivity contribution is 0.0398. The number of amides is 1. The number of fused-ring (bicyclic) bond motifs is 1. The van der Waals surface area contributed by atoms with Crippen LogP contribution in [0, 0.1) is 0 Å². The molecule has 3 rings (SSSR count). The summed E-state index contributed by atoms with van der Waals surface area (Å²) in [4.78, 5) is 14.5. The summed E-state index contributed by atoms with van der Waals surface area (Å²) < 4.78 is 12.8. The SMILES string of the molecule is CCOC[C@@H]1CCn2nccc2CN1C(=O)c1ccco1. The number of rotatable bonds is 4. The number of hydrogen-bond acceptors (Lipinski definition) is 4. The first-order chi connectivity index (χ1) is 10.3. The number of furan rings is 1. The number of nitrogens with zero attached hydrogens (tertiary/aromatic N) is 3. The van der Waals surface area contributed by atoms with E-state index in [1.54, 1.807) is 18.3 Å². The highest BCUT2D eigenvalue weighted by Crippen LogP contribution is 2.20. The Labute approximate surface area is 123 Å². The molecule has 0 spiro atoms. The quantitative estimate of drug-likeness (QED) is 0.863. The molecular weight excluding hydrogens is 270 g/mol. The molecule has 0 fully saturated rings. The largest absolute Gasteiger partial charge is 0.459 e. The molecule has 0 unspecified atom stereocenters. The number of carbonyl (C=O) groups is 1. The molecule has 2 aromatic heterocycles. The minimum absolute atomic E-state index is 0.0317. The predicted molar refractivity (Wildman–Crippen MR) is 75.7 cm³/mol. The van der Waals surface area contributed by atoms with E-state index >= 15 is 0 Å². The number of aromatic nitrogens is 2. The molecule has 2 aromatic rings. The fraction of sp³-hybridized carbons (Fsp3) is 0.467. The minimum atomic E-state index is -0.0978. The Morgan fingerprint density at radius 3 is 3.19 bits per heavy atom. The van der Waals surface area contributed by atoms with E-state index in [4.69, 9.17) is 9.15 Å². The molecule has 0 bridgehead atoms. The van der Waals surface area contributed by atoms with Crippen LogP contribution in [-0.2, 0) is 17.8 Å². The van der Waals surface area contributed by atoms with Gasteiger partial charge in [0, 0.05) is 19.3 Å². The summed E-state index contributed by atoms with van der Waals surface area (Å²) in [7, 11) is 0. The van der Waals surface area contributed by atoms with E-state index in [1.807, 2.05) is 22.6 Å². The molecule has 0 aromatic carbocycles. The van der Waals surface area contributed by atoms with Crippen LogP contribution in [0.5, 0.6) is 0 Å². The lowest BCUT2D eigenvalue weighted by Crippen LogP contribution is -2.41. The summed E-state index contributed by atoms with van der Waals surface area (Å²) in [6, 6.07) is 5.41. The zero-order valence-corrected chi connectivity index (χ0v) is 12.1. The molecule has 1 aliphatic heterocycles. The molecule has 3 heterocycles. The maximum atomic E-state index is 12.7. The van der Waals surface area contributed by atoms with Crippen LogP contribution in [0.15, 0.2) is 35.1 Å². The maximum absolute atomic E-state index is 12.7. The lowest BCUT2D eigenvalue weighted by atomic mass is 10.1. The third-order valence-electron chi connectivity index (χ3n) is 3.76. The van der Waals surface area contributed by atoms with E-state index in [0.717, 1.165) is 18.7 Å². The average Bonchev–Trinajstić information content (AvgIpc) is 3.14. The van der Waals surface area contributed by atoms with Crippen LogP contribution >= 0.6 is 0 Å². The number of ether oxygens (including phenoxy) is 1. The Bertz CT molecular complexity index is 591. The van der Waals surface area contributed by atoms with Crippen molar-refractivity contribution in [1.29, 1.82) is 0 Å². The molecular formula is C15H19N3O3. The van der Waals surface area contributed by atoms with E-state index in [2.05, 4.69) is 5.10 Å². The Morgan fingerprint density at radius 1 is 1.52 bits per heavy atom. The number of hydrogen-bond donors (Lipinski definition) is 0. The summed E-state index contributed by atoms with van der Waals surface area (Å²) in [6.45, 7) is 4.46. The van der Waals surface area contributed by atoms with Crippen LogP contribution in [0.3, 0.4) is 0 Å². The summed E-state index contributed by atoms with van der Waals surface area (Å²) in [6.07, 6.45) is 4.11. The molecule has 1 atom stereocenters. The summed E-state index contributed by atoms with van der Waals surface area (Å²) in [5, 5.41) is 4.30. The molecule has 1 amide bonds. The van der Waals surface area contributed by atoms with Gasteiger partial charge in [-0.3, -0.25) is 9.48 Å². The molecule has 0 saturated heterocycles. The normalized spacial score (nSPS) is 18.3. The van der Waals surface area contributed by atoms with Gasteiger partial charge in [-0.2, -0.15) is 5.10 Å². The van der Waals surface area contributed by atoms with Gasteiger partial charge in [-0.15, -0.1) is 0 Å². The van der Waals surface area contributed by atoms with E-state index in [9.17, 15) is 4.79 Å². The van der Waals surface area contributed by atoms with E-state index in [1.165, 1.54) is 6.26 Å². The molecule has 6 heteroatoms. The molecule has 112 valence electrons. The zero-order valence-electron chi connectivity index (χ0n) is 12.1. The topological polar surface area (TPSA) is 60.5 Å². The van der Waals surface area contributed by atoms with Gasteiger partial charge in [0.2, 0.25) is 0 Å². The van der Waals surface area contributed by atoms with Crippen molar-refractivity contribution in [3.8, 4) is 0 Å². The third kappa shape index (κ3) is 2.85. The van der Waals surface area contributed by atoms with Gasteiger partial charge in [0.25, 0.3) is 5.91 Å². The Kier molecular flexibility index (Phi) is 4.06. The van der Waals surface area contributed by atoms with Crippen molar-refractivity contribution in [2.24, 2.45) is 0 Å². The van der Waals surface area contributed by atoms with Crippen molar-refractivity contribution in [3.63, 3.8) is 0 Å². The second-order valence-electron chi connectivity index (χ2n) is 5.06. The van der Waals surface area contributed by atoms with Crippen LogP contribution in [0.4, 0.5) is 0 Å². The van der Waals surface area contributed by atoms with Gasteiger partial charge < -0.3 is 14.1 Å². The van der Waals surface area contributed by atoms with Gasteiger partial charge >= 0.3 is 0 Å². The standard InChI is InChI=1S/C15H19N3O3/c1-2-20-11-13-6-8-18-12(5-7-16-18)10-17(13)15(19)14-4-3-9-21-14/h3-5,7,9,13H,2,6,8,10-11H2,1H3/t13-/m0/s1. The number of carbonyl (C=O) groups excluding carboxylic acids is 1. The highest BCUT2D eigenvalue weighted by atomic mass is 16.5. The van der Waals surface area contributed by atoms with Crippen molar-refractivity contribution in [1.82, 2.24) is 14.7 Å². The zero-order chi connectivity index (χ0) is 14.7. The van der Waals surface area contributed by atoms with Crippen molar-refractivity contribution in [2.75, 3.05) is 13.2 Å². The Hall–Kier alpha value is -2.08. The molecule has 1 aliphatic rings. The van der Waals surface area contributed by atoms with Gasteiger partial charge in [-0.1, -0.05) is 0 Å². The van der Waals surface area contributed by atoms with E-state index in [-0.39, 0.29) is 11.9 Å². The highest BCUT2D eigenvalue weighted by Gasteiger charge is 2.30. The Balaban J connectivity index is 1.85. The second-order valence-corrected chi connectivity index (χ2v) is 5.06. The maximum Gasteiger partial charge on any atom is 0.290 e.